The molecular formula is C11H12BrN3S. The minimum absolute atomic E-state index is 0.303. The Balaban J connectivity index is 2.28. The summed E-state index contributed by atoms with van der Waals surface area (Å²) in [7, 11) is 0. The van der Waals surface area contributed by atoms with Gasteiger partial charge in [0.25, 0.3) is 0 Å². The molecule has 2 rings (SSSR count). The quantitative estimate of drug-likeness (QED) is 0.810. The van der Waals surface area contributed by atoms with Crippen molar-refractivity contribution in [1.29, 1.82) is 0 Å². The summed E-state index contributed by atoms with van der Waals surface area (Å²) in [6, 6.07) is 4.02. The molecule has 1 atom stereocenters. The zero-order valence-corrected chi connectivity index (χ0v) is 11.5. The molecule has 2 aromatic rings. The van der Waals surface area contributed by atoms with Gasteiger partial charge < -0.3 is 0 Å². The second kappa shape index (κ2) is 5.01. The smallest absolute Gasteiger partial charge is 0.149 e. The van der Waals surface area contributed by atoms with Crippen LogP contribution in [0.2, 0.25) is 0 Å². The van der Waals surface area contributed by atoms with E-state index in [1.807, 2.05) is 25.3 Å². The van der Waals surface area contributed by atoms with E-state index in [1.54, 1.807) is 11.3 Å². The van der Waals surface area contributed by atoms with E-state index in [1.165, 1.54) is 0 Å². The Morgan fingerprint density at radius 1 is 1.38 bits per heavy atom. The molecule has 5 heteroatoms. The van der Waals surface area contributed by atoms with Crippen LogP contribution < -0.4 is 0 Å². The van der Waals surface area contributed by atoms with Gasteiger partial charge in [0, 0.05) is 17.5 Å². The van der Waals surface area contributed by atoms with E-state index < -0.39 is 0 Å². The summed E-state index contributed by atoms with van der Waals surface area (Å²) in [6.45, 7) is 4.09. The minimum atomic E-state index is 0.303. The van der Waals surface area contributed by atoms with Gasteiger partial charge in [0.05, 0.1) is 4.83 Å². The highest BCUT2D eigenvalue weighted by atomic mass is 79.9. The molecule has 84 valence electrons. The molecule has 16 heavy (non-hydrogen) atoms. The van der Waals surface area contributed by atoms with Crippen LogP contribution in [0.1, 0.15) is 28.9 Å². The maximum Gasteiger partial charge on any atom is 0.149 e. The maximum atomic E-state index is 4.26. The Bertz CT molecular complexity index is 466. The van der Waals surface area contributed by atoms with E-state index in [0.29, 0.717) is 4.83 Å². The van der Waals surface area contributed by atoms with E-state index in [4.69, 9.17) is 0 Å². The average Bonchev–Trinajstić information content (AvgIpc) is 2.78. The van der Waals surface area contributed by atoms with Crippen molar-refractivity contribution in [1.82, 2.24) is 15.2 Å². The lowest BCUT2D eigenvalue weighted by Gasteiger charge is -1.98. The van der Waals surface area contributed by atoms with Gasteiger partial charge in [-0.1, -0.05) is 34.2 Å². The Morgan fingerprint density at radius 3 is 2.81 bits per heavy atom. The first-order valence-corrected chi connectivity index (χ1v) is 6.84. The molecule has 0 aliphatic carbocycles. The molecular weight excluding hydrogens is 286 g/mol. The van der Waals surface area contributed by atoms with Crippen molar-refractivity contribution in [3.8, 4) is 10.6 Å². The van der Waals surface area contributed by atoms with Crippen LogP contribution in [0.3, 0.4) is 0 Å². The van der Waals surface area contributed by atoms with E-state index in [9.17, 15) is 0 Å². The van der Waals surface area contributed by atoms with Gasteiger partial charge in [-0.3, -0.25) is 4.98 Å². The SMILES string of the molecule is CCC(Br)c1nnc(-c2ccc(C)nc2)s1. The van der Waals surface area contributed by atoms with Gasteiger partial charge in [-0.05, 0) is 25.5 Å². The molecule has 3 nitrogen and oxygen atoms in total. The van der Waals surface area contributed by atoms with Gasteiger partial charge in [0.1, 0.15) is 10.0 Å². The highest BCUT2D eigenvalue weighted by molar-refractivity contribution is 9.09. The number of aromatic nitrogens is 3. The van der Waals surface area contributed by atoms with Crippen LogP contribution in [0.5, 0.6) is 0 Å². The molecule has 0 aliphatic heterocycles. The fourth-order valence-corrected chi connectivity index (χ4v) is 2.51. The highest BCUT2D eigenvalue weighted by Crippen LogP contribution is 2.32. The first-order chi connectivity index (χ1) is 7.70. The van der Waals surface area contributed by atoms with Gasteiger partial charge in [-0.15, -0.1) is 10.2 Å². The Labute approximate surface area is 107 Å². The fourth-order valence-electron chi connectivity index (χ4n) is 1.25. The van der Waals surface area contributed by atoms with Crippen LogP contribution >= 0.6 is 27.3 Å². The molecule has 0 N–H and O–H groups in total. The number of aryl methyl sites for hydroxylation is 1. The normalized spacial score (nSPS) is 12.7. The number of pyridine rings is 1. The topological polar surface area (TPSA) is 38.7 Å². The Kier molecular flexibility index (Phi) is 3.66. The lowest BCUT2D eigenvalue weighted by Crippen LogP contribution is -1.85. The van der Waals surface area contributed by atoms with E-state index in [0.717, 1.165) is 27.7 Å². The summed E-state index contributed by atoms with van der Waals surface area (Å²) in [5.74, 6) is 0. The monoisotopic (exact) mass is 297 g/mol. The molecule has 0 saturated heterocycles. The van der Waals surface area contributed by atoms with Crippen molar-refractivity contribution in [2.24, 2.45) is 0 Å². The number of nitrogens with zero attached hydrogens (tertiary/aromatic N) is 3. The van der Waals surface area contributed by atoms with Crippen molar-refractivity contribution in [2.75, 3.05) is 0 Å². The van der Waals surface area contributed by atoms with Gasteiger partial charge in [-0.25, -0.2) is 0 Å². The molecule has 1 unspecified atom stereocenters. The molecule has 0 radical (unpaired) electrons. The lowest BCUT2D eigenvalue weighted by atomic mass is 10.3. The van der Waals surface area contributed by atoms with E-state index >= 15 is 0 Å². The average molecular weight is 298 g/mol. The fraction of sp³-hybridized carbons (Fsp3) is 0.364. The van der Waals surface area contributed by atoms with Crippen LogP contribution in [-0.2, 0) is 0 Å². The predicted molar refractivity (Wildman–Crippen MR) is 69.8 cm³/mol. The molecule has 0 fully saturated rings. The summed E-state index contributed by atoms with van der Waals surface area (Å²) >= 11 is 5.19. The second-order valence-corrected chi connectivity index (χ2v) is 5.62. The third-order valence-electron chi connectivity index (χ3n) is 2.23. The van der Waals surface area contributed by atoms with Crippen molar-refractivity contribution in [2.45, 2.75) is 25.1 Å². The van der Waals surface area contributed by atoms with Crippen molar-refractivity contribution < 1.29 is 0 Å². The predicted octanol–water partition coefficient (Wildman–Crippen LogP) is 3.75. The molecule has 2 heterocycles. The molecule has 2 aromatic heterocycles. The Hall–Kier alpha value is -0.810. The summed E-state index contributed by atoms with van der Waals surface area (Å²) in [5.41, 5.74) is 2.05. The largest absolute Gasteiger partial charge is 0.261 e. The number of alkyl halides is 1. The van der Waals surface area contributed by atoms with Gasteiger partial charge in [0.2, 0.25) is 0 Å². The molecule has 0 amide bonds. The number of hydrogen-bond donors (Lipinski definition) is 0. The summed E-state index contributed by atoms with van der Waals surface area (Å²) in [4.78, 5) is 4.56. The molecule has 0 aromatic carbocycles. The van der Waals surface area contributed by atoms with Crippen molar-refractivity contribution >= 4 is 27.3 Å². The van der Waals surface area contributed by atoms with Crippen LogP contribution in [-0.4, -0.2) is 15.2 Å². The van der Waals surface area contributed by atoms with Gasteiger partial charge in [0.15, 0.2) is 0 Å². The third kappa shape index (κ3) is 2.47. The molecule has 0 spiro atoms. The first-order valence-electron chi connectivity index (χ1n) is 5.11. The van der Waals surface area contributed by atoms with Crippen LogP contribution in [0.25, 0.3) is 10.6 Å². The third-order valence-corrected chi connectivity index (χ3v) is 4.70. The van der Waals surface area contributed by atoms with E-state index in [2.05, 4.69) is 38.0 Å². The minimum Gasteiger partial charge on any atom is -0.261 e. The molecule has 0 bridgehead atoms. The first kappa shape index (κ1) is 11.7. The number of rotatable bonds is 3. The number of halogens is 1. The van der Waals surface area contributed by atoms with Crippen LogP contribution in [0.15, 0.2) is 18.3 Å². The zero-order valence-electron chi connectivity index (χ0n) is 9.14. The Morgan fingerprint density at radius 2 is 2.19 bits per heavy atom. The van der Waals surface area contributed by atoms with Crippen LogP contribution in [0, 0.1) is 6.92 Å². The second-order valence-electron chi connectivity index (χ2n) is 3.51. The van der Waals surface area contributed by atoms with Gasteiger partial charge >= 0.3 is 0 Å². The zero-order chi connectivity index (χ0) is 11.5. The maximum absolute atomic E-state index is 4.26. The molecule has 0 aliphatic rings. The van der Waals surface area contributed by atoms with Crippen molar-refractivity contribution in [3.05, 3.63) is 29.0 Å². The molecule has 0 saturated carbocycles. The summed E-state index contributed by atoms with van der Waals surface area (Å²) in [6.07, 6.45) is 2.86. The standard InChI is InChI=1S/C11H12BrN3S/c1-3-9(12)11-15-14-10(16-11)8-5-4-7(2)13-6-8/h4-6,9H,3H2,1-2H3. The summed E-state index contributed by atoms with van der Waals surface area (Å²) in [5, 5.41) is 10.3. The van der Waals surface area contributed by atoms with Crippen LogP contribution in [0.4, 0.5) is 0 Å². The lowest BCUT2D eigenvalue weighted by molar-refractivity contribution is 0.870. The van der Waals surface area contributed by atoms with Gasteiger partial charge in [-0.2, -0.15) is 0 Å². The number of hydrogen-bond acceptors (Lipinski definition) is 4. The van der Waals surface area contributed by atoms with Crippen molar-refractivity contribution in [3.63, 3.8) is 0 Å². The summed E-state index contributed by atoms with van der Waals surface area (Å²) < 4.78 is 0. The highest BCUT2D eigenvalue weighted by Gasteiger charge is 2.12. The van der Waals surface area contributed by atoms with E-state index in [-0.39, 0.29) is 0 Å².